The topological polar surface area (TPSA) is 111 Å². The minimum absolute atomic E-state index is 0. The Morgan fingerprint density at radius 1 is 1.14 bits per heavy atom. The number of piperazine rings is 2. The number of nitrogens with zero attached hydrogens (tertiary/aromatic N) is 2. The van der Waals surface area contributed by atoms with E-state index in [9.17, 15) is 18.0 Å². The maximum absolute atomic E-state index is 12.7. The highest BCUT2D eigenvalue weighted by Gasteiger charge is 2.29. The van der Waals surface area contributed by atoms with Crippen LogP contribution in [-0.2, 0) is 14.8 Å². The molecule has 2 aliphatic heterocycles. The Bertz CT molecular complexity index is 798. The van der Waals surface area contributed by atoms with Gasteiger partial charge in [-0.15, -0.1) is 12.4 Å². The predicted octanol–water partition coefficient (Wildman–Crippen LogP) is -1.14. The van der Waals surface area contributed by atoms with Crippen LogP contribution in [0.1, 0.15) is 10.4 Å². The molecule has 3 rings (SSSR count). The lowest BCUT2D eigenvalue weighted by atomic mass is 10.2. The van der Waals surface area contributed by atoms with Crippen LogP contribution in [0.4, 0.5) is 0 Å². The number of hydrogen-bond acceptors (Lipinski definition) is 6. The summed E-state index contributed by atoms with van der Waals surface area (Å²) in [5.41, 5.74) is 0.290. The Hall–Kier alpha value is -1.72. The molecule has 156 valence electrons. The SMILES string of the molecule is Cl.O=C1CN(S(=O)(=O)c2cccc(C(=O)NCCN3CCNCC3)c2)CCN1. The van der Waals surface area contributed by atoms with Gasteiger partial charge in [-0.25, -0.2) is 8.42 Å². The first-order valence-electron chi connectivity index (χ1n) is 9.05. The van der Waals surface area contributed by atoms with Gasteiger partial charge in [0.25, 0.3) is 5.91 Å². The maximum atomic E-state index is 12.7. The molecule has 0 aromatic heterocycles. The van der Waals surface area contributed by atoms with Gasteiger partial charge >= 0.3 is 0 Å². The van der Waals surface area contributed by atoms with Crippen molar-refractivity contribution in [2.24, 2.45) is 0 Å². The van der Waals surface area contributed by atoms with Gasteiger partial charge in [0.1, 0.15) is 0 Å². The number of carbonyl (C=O) groups excluding carboxylic acids is 2. The van der Waals surface area contributed by atoms with Crippen LogP contribution in [0.25, 0.3) is 0 Å². The summed E-state index contributed by atoms with van der Waals surface area (Å²) in [6.45, 7) is 5.35. The molecule has 2 aliphatic rings. The summed E-state index contributed by atoms with van der Waals surface area (Å²) in [7, 11) is -3.81. The van der Waals surface area contributed by atoms with E-state index in [0.717, 1.165) is 37.0 Å². The van der Waals surface area contributed by atoms with Crippen molar-refractivity contribution in [2.75, 3.05) is 58.9 Å². The Kier molecular flexibility index (Phi) is 8.20. The third kappa shape index (κ3) is 5.65. The van der Waals surface area contributed by atoms with Crippen molar-refractivity contribution >= 4 is 34.2 Å². The second kappa shape index (κ2) is 10.2. The zero-order valence-corrected chi connectivity index (χ0v) is 17.2. The molecule has 2 heterocycles. The third-order valence-electron chi connectivity index (χ3n) is 4.66. The summed E-state index contributed by atoms with van der Waals surface area (Å²) >= 11 is 0. The first-order chi connectivity index (χ1) is 13.0. The van der Waals surface area contributed by atoms with Crippen molar-refractivity contribution in [3.05, 3.63) is 29.8 Å². The van der Waals surface area contributed by atoms with Crippen molar-refractivity contribution < 1.29 is 18.0 Å². The number of hydrogen-bond donors (Lipinski definition) is 3. The lowest BCUT2D eigenvalue weighted by molar-refractivity contribution is -0.122. The maximum Gasteiger partial charge on any atom is 0.251 e. The van der Waals surface area contributed by atoms with E-state index in [-0.39, 0.29) is 54.3 Å². The molecule has 11 heteroatoms. The van der Waals surface area contributed by atoms with Gasteiger partial charge in [0.2, 0.25) is 15.9 Å². The van der Waals surface area contributed by atoms with E-state index in [0.29, 0.717) is 6.54 Å². The monoisotopic (exact) mass is 431 g/mol. The summed E-state index contributed by atoms with van der Waals surface area (Å²) < 4.78 is 26.6. The van der Waals surface area contributed by atoms with Gasteiger partial charge in [-0.1, -0.05) is 6.07 Å². The fourth-order valence-electron chi connectivity index (χ4n) is 3.13. The number of amides is 2. The number of benzene rings is 1. The highest BCUT2D eigenvalue weighted by molar-refractivity contribution is 7.89. The molecule has 0 radical (unpaired) electrons. The van der Waals surface area contributed by atoms with Gasteiger partial charge in [0, 0.05) is 57.9 Å². The molecule has 0 aliphatic carbocycles. The molecule has 1 aromatic rings. The van der Waals surface area contributed by atoms with E-state index in [1.165, 1.54) is 12.1 Å². The largest absolute Gasteiger partial charge is 0.354 e. The van der Waals surface area contributed by atoms with Gasteiger partial charge < -0.3 is 16.0 Å². The second-order valence-electron chi connectivity index (χ2n) is 6.56. The van der Waals surface area contributed by atoms with Gasteiger partial charge in [-0.05, 0) is 18.2 Å². The highest BCUT2D eigenvalue weighted by Crippen LogP contribution is 2.18. The molecule has 0 unspecified atom stereocenters. The van der Waals surface area contributed by atoms with Crippen molar-refractivity contribution in [3.8, 4) is 0 Å². The van der Waals surface area contributed by atoms with Crippen LogP contribution < -0.4 is 16.0 Å². The Balaban J connectivity index is 0.00000280. The molecule has 0 spiro atoms. The fourth-order valence-corrected chi connectivity index (χ4v) is 4.57. The number of rotatable bonds is 6. The lowest BCUT2D eigenvalue weighted by Crippen LogP contribution is -2.49. The van der Waals surface area contributed by atoms with Crippen LogP contribution in [0.15, 0.2) is 29.2 Å². The number of halogens is 1. The molecular formula is C17H26ClN5O4S. The van der Waals surface area contributed by atoms with Crippen LogP contribution >= 0.6 is 12.4 Å². The smallest absolute Gasteiger partial charge is 0.251 e. The average molecular weight is 432 g/mol. The van der Waals surface area contributed by atoms with Crippen LogP contribution in [0.5, 0.6) is 0 Å². The second-order valence-corrected chi connectivity index (χ2v) is 8.50. The lowest BCUT2D eigenvalue weighted by Gasteiger charge is -2.27. The fraction of sp³-hybridized carbons (Fsp3) is 0.529. The first-order valence-corrected chi connectivity index (χ1v) is 10.5. The summed E-state index contributed by atoms with van der Waals surface area (Å²) in [5, 5.41) is 8.71. The van der Waals surface area contributed by atoms with Crippen molar-refractivity contribution in [2.45, 2.75) is 4.90 Å². The van der Waals surface area contributed by atoms with Crippen LogP contribution in [-0.4, -0.2) is 88.3 Å². The van der Waals surface area contributed by atoms with Crippen LogP contribution in [0.2, 0.25) is 0 Å². The number of carbonyl (C=O) groups is 2. The Morgan fingerprint density at radius 3 is 2.61 bits per heavy atom. The molecule has 2 amide bonds. The normalized spacial score (nSPS) is 18.8. The number of nitrogens with one attached hydrogen (secondary N) is 3. The number of sulfonamides is 1. The molecule has 28 heavy (non-hydrogen) atoms. The van der Waals surface area contributed by atoms with Crippen molar-refractivity contribution in [3.63, 3.8) is 0 Å². The van der Waals surface area contributed by atoms with Crippen molar-refractivity contribution in [1.29, 1.82) is 0 Å². The molecule has 1 aromatic carbocycles. The molecule has 9 nitrogen and oxygen atoms in total. The van der Waals surface area contributed by atoms with Gasteiger partial charge in [0.05, 0.1) is 11.4 Å². The van der Waals surface area contributed by atoms with E-state index in [4.69, 9.17) is 0 Å². The zero-order chi connectivity index (χ0) is 19.3. The van der Waals surface area contributed by atoms with E-state index in [2.05, 4.69) is 20.9 Å². The molecular weight excluding hydrogens is 406 g/mol. The van der Waals surface area contributed by atoms with E-state index >= 15 is 0 Å². The molecule has 0 bridgehead atoms. The standard InChI is InChI=1S/C17H25N5O4S.ClH/c23-16-13-22(11-7-19-16)27(25,26)15-3-1-2-14(12-15)17(24)20-6-10-21-8-4-18-5-9-21;/h1-3,12,18H,4-11,13H2,(H,19,23)(H,20,24);1H. The molecule has 2 saturated heterocycles. The molecule has 0 atom stereocenters. The van der Waals surface area contributed by atoms with E-state index < -0.39 is 10.0 Å². The minimum atomic E-state index is -3.81. The van der Waals surface area contributed by atoms with Crippen LogP contribution in [0.3, 0.4) is 0 Å². The van der Waals surface area contributed by atoms with Crippen molar-refractivity contribution in [1.82, 2.24) is 25.2 Å². The zero-order valence-electron chi connectivity index (χ0n) is 15.5. The van der Waals surface area contributed by atoms with Crippen LogP contribution in [0, 0.1) is 0 Å². The summed E-state index contributed by atoms with van der Waals surface area (Å²) in [4.78, 5) is 26.1. The van der Waals surface area contributed by atoms with E-state index in [1.807, 2.05) is 0 Å². The average Bonchev–Trinajstić information content (AvgIpc) is 2.69. The Labute approximate surface area is 171 Å². The molecule has 3 N–H and O–H groups in total. The molecule has 0 saturated carbocycles. The Morgan fingerprint density at radius 2 is 1.89 bits per heavy atom. The van der Waals surface area contributed by atoms with E-state index in [1.54, 1.807) is 12.1 Å². The quantitative estimate of drug-likeness (QED) is 0.525. The van der Waals surface area contributed by atoms with Gasteiger partial charge in [0.15, 0.2) is 0 Å². The summed E-state index contributed by atoms with van der Waals surface area (Å²) in [6.07, 6.45) is 0. The molecule has 2 fully saturated rings. The first kappa shape index (κ1) is 22.6. The minimum Gasteiger partial charge on any atom is -0.354 e. The van der Waals surface area contributed by atoms with Gasteiger partial charge in [-0.3, -0.25) is 14.5 Å². The van der Waals surface area contributed by atoms with Gasteiger partial charge in [-0.2, -0.15) is 4.31 Å². The summed E-state index contributed by atoms with van der Waals surface area (Å²) in [5.74, 6) is -0.634. The third-order valence-corrected chi connectivity index (χ3v) is 6.50. The predicted molar refractivity (Wildman–Crippen MR) is 107 cm³/mol. The highest BCUT2D eigenvalue weighted by atomic mass is 35.5. The summed E-state index contributed by atoms with van der Waals surface area (Å²) in [6, 6.07) is 5.94.